The van der Waals surface area contributed by atoms with E-state index in [1.54, 1.807) is 7.11 Å². The third-order valence-electron chi connectivity index (χ3n) is 5.10. The molecule has 0 radical (unpaired) electrons. The highest BCUT2D eigenvalue weighted by Crippen LogP contribution is 2.34. The van der Waals surface area contributed by atoms with Gasteiger partial charge in [0.2, 0.25) is 5.91 Å². The van der Waals surface area contributed by atoms with Gasteiger partial charge in [0, 0.05) is 44.3 Å². The minimum atomic E-state index is 0.336. The van der Waals surface area contributed by atoms with E-state index in [-0.39, 0.29) is 0 Å². The number of likely N-dealkylation sites (tertiary alicyclic amines) is 1. The zero-order valence-electron chi connectivity index (χ0n) is 15.4. The van der Waals surface area contributed by atoms with Crippen LogP contribution < -0.4 is 0 Å². The average molecular weight is 347 g/mol. The molecule has 1 aromatic rings. The summed E-state index contributed by atoms with van der Waals surface area (Å²) in [5, 5.41) is 0. The van der Waals surface area contributed by atoms with Crippen molar-refractivity contribution >= 4 is 5.91 Å². The van der Waals surface area contributed by atoms with Gasteiger partial charge in [0.1, 0.15) is 5.82 Å². The van der Waals surface area contributed by atoms with Crippen LogP contribution in [-0.2, 0) is 20.9 Å². The Kier molecular flexibility index (Phi) is 6.37. The standard InChI is InChI=1S/C19H29N3O3/c1-14-20-12-17(13-25-10-9-24-2)19(21-14)16-5-7-22(8-6-16)18(23)11-15-3-4-15/h12,15-16H,3-11,13H2,1-2H3. The normalized spacial score (nSPS) is 18.6. The van der Waals surface area contributed by atoms with Crippen LogP contribution in [0.4, 0.5) is 0 Å². The number of aromatic nitrogens is 2. The van der Waals surface area contributed by atoms with Crippen LogP contribution in [0.3, 0.4) is 0 Å². The van der Waals surface area contributed by atoms with Gasteiger partial charge < -0.3 is 14.4 Å². The molecule has 2 aliphatic rings. The molecule has 1 aliphatic heterocycles. The van der Waals surface area contributed by atoms with Crippen molar-refractivity contribution in [2.24, 2.45) is 5.92 Å². The van der Waals surface area contributed by atoms with Gasteiger partial charge in [0.25, 0.3) is 0 Å². The first-order chi connectivity index (χ1) is 12.2. The highest BCUT2D eigenvalue weighted by atomic mass is 16.5. The number of nitrogens with zero attached hydrogens (tertiary/aromatic N) is 3. The van der Waals surface area contributed by atoms with Crippen LogP contribution in [0.2, 0.25) is 0 Å². The molecule has 1 saturated heterocycles. The number of rotatable bonds is 8. The maximum absolute atomic E-state index is 12.3. The molecule has 25 heavy (non-hydrogen) atoms. The Balaban J connectivity index is 1.57. The molecule has 1 amide bonds. The Bertz CT molecular complexity index is 581. The Morgan fingerprint density at radius 3 is 2.68 bits per heavy atom. The Hall–Kier alpha value is -1.53. The van der Waals surface area contributed by atoms with Crippen molar-refractivity contribution in [2.45, 2.75) is 51.6 Å². The quantitative estimate of drug-likeness (QED) is 0.676. The molecule has 0 aromatic carbocycles. The van der Waals surface area contributed by atoms with Crippen molar-refractivity contribution in [1.82, 2.24) is 14.9 Å². The largest absolute Gasteiger partial charge is 0.382 e. The number of amides is 1. The van der Waals surface area contributed by atoms with Gasteiger partial charge in [-0.05, 0) is 38.5 Å². The molecule has 1 saturated carbocycles. The fraction of sp³-hybridized carbons (Fsp3) is 0.737. The van der Waals surface area contributed by atoms with Gasteiger partial charge in [-0.2, -0.15) is 0 Å². The minimum absolute atomic E-state index is 0.336. The second kappa shape index (κ2) is 8.72. The topological polar surface area (TPSA) is 64.6 Å². The van der Waals surface area contributed by atoms with E-state index in [1.165, 1.54) is 12.8 Å². The van der Waals surface area contributed by atoms with Crippen molar-refractivity contribution in [2.75, 3.05) is 33.4 Å². The lowest BCUT2D eigenvalue weighted by molar-refractivity contribution is -0.132. The molecule has 1 aliphatic carbocycles. The van der Waals surface area contributed by atoms with Gasteiger partial charge in [-0.3, -0.25) is 4.79 Å². The molecule has 0 spiro atoms. The predicted octanol–water partition coefficient (Wildman–Crippen LogP) is 2.45. The van der Waals surface area contributed by atoms with Gasteiger partial charge >= 0.3 is 0 Å². The molecule has 0 bridgehead atoms. The molecule has 2 heterocycles. The zero-order valence-corrected chi connectivity index (χ0v) is 15.4. The fourth-order valence-corrected chi connectivity index (χ4v) is 3.40. The number of hydrogen-bond acceptors (Lipinski definition) is 5. The van der Waals surface area contributed by atoms with Crippen LogP contribution in [0.1, 0.15) is 55.1 Å². The third kappa shape index (κ3) is 5.22. The van der Waals surface area contributed by atoms with Gasteiger partial charge in [-0.15, -0.1) is 0 Å². The van der Waals surface area contributed by atoms with Crippen LogP contribution in [0.5, 0.6) is 0 Å². The minimum Gasteiger partial charge on any atom is -0.382 e. The first kappa shape index (κ1) is 18.3. The fourth-order valence-electron chi connectivity index (χ4n) is 3.40. The Labute approximate surface area is 149 Å². The lowest BCUT2D eigenvalue weighted by Gasteiger charge is -2.32. The summed E-state index contributed by atoms with van der Waals surface area (Å²) in [6, 6.07) is 0. The van der Waals surface area contributed by atoms with E-state index in [0.717, 1.165) is 49.4 Å². The highest BCUT2D eigenvalue weighted by Gasteiger charge is 2.30. The first-order valence-electron chi connectivity index (χ1n) is 9.34. The Morgan fingerprint density at radius 1 is 1.24 bits per heavy atom. The molecule has 1 aromatic heterocycles. The van der Waals surface area contributed by atoms with Gasteiger partial charge in [0.05, 0.1) is 25.5 Å². The van der Waals surface area contributed by atoms with E-state index in [4.69, 9.17) is 14.5 Å². The van der Waals surface area contributed by atoms with Crippen LogP contribution in [-0.4, -0.2) is 54.2 Å². The van der Waals surface area contributed by atoms with E-state index in [2.05, 4.69) is 4.98 Å². The molecular formula is C19H29N3O3. The molecule has 138 valence electrons. The van der Waals surface area contributed by atoms with E-state index in [9.17, 15) is 4.79 Å². The van der Waals surface area contributed by atoms with Crippen LogP contribution in [0, 0.1) is 12.8 Å². The average Bonchev–Trinajstić information content (AvgIpc) is 3.44. The molecule has 6 heteroatoms. The van der Waals surface area contributed by atoms with Crippen molar-refractivity contribution in [3.63, 3.8) is 0 Å². The first-order valence-corrected chi connectivity index (χ1v) is 9.34. The molecule has 6 nitrogen and oxygen atoms in total. The number of hydrogen-bond donors (Lipinski definition) is 0. The number of aryl methyl sites for hydroxylation is 1. The number of methoxy groups -OCH3 is 1. The second-order valence-electron chi connectivity index (χ2n) is 7.18. The lowest BCUT2D eigenvalue weighted by Crippen LogP contribution is -2.38. The van der Waals surface area contributed by atoms with E-state index < -0.39 is 0 Å². The van der Waals surface area contributed by atoms with Gasteiger partial charge in [-0.1, -0.05) is 0 Å². The smallest absolute Gasteiger partial charge is 0.222 e. The molecule has 0 N–H and O–H groups in total. The zero-order chi connectivity index (χ0) is 17.6. The molecule has 0 atom stereocenters. The molecular weight excluding hydrogens is 318 g/mol. The highest BCUT2D eigenvalue weighted by molar-refractivity contribution is 5.76. The molecule has 0 unspecified atom stereocenters. The van der Waals surface area contributed by atoms with Crippen molar-refractivity contribution in [3.8, 4) is 0 Å². The monoisotopic (exact) mass is 347 g/mol. The number of piperidine rings is 1. The summed E-state index contributed by atoms with van der Waals surface area (Å²) in [5.41, 5.74) is 2.16. The van der Waals surface area contributed by atoms with E-state index in [1.807, 2.05) is 18.0 Å². The number of carbonyl (C=O) groups excluding carboxylic acids is 1. The number of carbonyl (C=O) groups is 1. The van der Waals surface area contributed by atoms with Gasteiger partial charge in [0.15, 0.2) is 0 Å². The van der Waals surface area contributed by atoms with Gasteiger partial charge in [-0.25, -0.2) is 9.97 Å². The summed E-state index contributed by atoms with van der Waals surface area (Å²) in [5.74, 6) is 2.17. The second-order valence-corrected chi connectivity index (χ2v) is 7.18. The SMILES string of the molecule is COCCOCc1cnc(C)nc1C1CCN(C(=O)CC2CC2)CC1. The summed E-state index contributed by atoms with van der Waals surface area (Å²) in [7, 11) is 1.67. The third-order valence-corrected chi connectivity index (χ3v) is 5.10. The maximum Gasteiger partial charge on any atom is 0.222 e. The summed E-state index contributed by atoms with van der Waals surface area (Å²) in [4.78, 5) is 23.4. The van der Waals surface area contributed by atoms with Crippen LogP contribution in [0.15, 0.2) is 6.20 Å². The van der Waals surface area contributed by atoms with Crippen LogP contribution >= 0.6 is 0 Å². The van der Waals surface area contributed by atoms with E-state index >= 15 is 0 Å². The maximum atomic E-state index is 12.3. The van der Waals surface area contributed by atoms with Crippen molar-refractivity contribution in [1.29, 1.82) is 0 Å². The lowest BCUT2D eigenvalue weighted by atomic mass is 9.90. The van der Waals surface area contributed by atoms with Crippen molar-refractivity contribution < 1.29 is 14.3 Å². The van der Waals surface area contributed by atoms with Crippen molar-refractivity contribution in [3.05, 3.63) is 23.3 Å². The summed E-state index contributed by atoms with van der Waals surface area (Å²) in [6.07, 6.45) is 7.03. The summed E-state index contributed by atoms with van der Waals surface area (Å²) >= 11 is 0. The van der Waals surface area contributed by atoms with Crippen LogP contribution in [0.25, 0.3) is 0 Å². The predicted molar refractivity (Wildman–Crippen MR) is 94.2 cm³/mol. The number of ether oxygens (including phenoxy) is 2. The summed E-state index contributed by atoms with van der Waals surface area (Å²) in [6.45, 7) is 5.26. The molecule has 3 rings (SSSR count). The molecule has 2 fully saturated rings. The Morgan fingerprint density at radius 2 is 2.00 bits per heavy atom. The summed E-state index contributed by atoms with van der Waals surface area (Å²) < 4.78 is 10.7. The van der Waals surface area contributed by atoms with E-state index in [0.29, 0.717) is 37.6 Å².